The zero-order chi connectivity index (χ0) is 18.0. The molecule has 4 rings (SSSR count). The number of amides is 2. The maximum atomic E-state index is 12.5. The third-order valence-corrected chi connectivity index (χ3v) is 6.42. The van der Waals surface area contributed by atoms with E-state index in [2.05, 4.69) is 23.5 Å². The van der Waals surface area contributed by atoms with Gasteiger partial charge in [-0.3, -0.25) is 9.59 Å². The van der Waals surface area contributed by atoms with Crippen molar-refractivity contribution in [3.63, 3.8) is 0 Å². The van der Waals surface area contributed by atoms with Crippen molar-refractivity contribution in [2.75, 3.05) is 19.6 Å². The van der Waals surface area contributed by atoms with Gasteiger partial charge in [-0.2, -0.15) is 0 Å². The van der Waals surface area contributed by atoms with E-state index in [9.17, 15) is 9.59 Å². The molecule has 1 N–H and O–H groups in total. The molecule has 3 aliphatic rings. The van der Waals surface area contributed by atoms with Gasteiger partial charge in [0.15, 0.2) is 0 Å². The number of rotatable bonds is 5. The fraction of sp³-hybridized carbons (Fsp3) is 0.545. The molecule has 2 fully saturated rings. The van der Waals surface area contributed by atoms with Crippen molar-refractivity contribution in [2.24, 2.45) is 11.3 Å². The highest BCUT2D eigenvalue weighted by molar-refractivity contribution is 5.94. The summed E-state index contributed by atoms with van der Waals surface area (Å²) in [6.07, 6.45) is 9.03. The van der Waals surface area contributed by atoms with Crippen LogP contribution >= 0.6 is 0 Å². The van der Waals surface area contributed by atoms with Crippen LogP contribution in [0.4, 0.5) is 0 Å². The van der Waals surface area contributed by atoms with Crippen molar-refractivity contribution < 1.29 is 9.59 Å². The van der Waals surface area contributed by atoms with Crippen molar-refractivity contribution in [1.29, 1.82) is 0 Å². The SMILES string of the molecule is O=C(NCCc1ccccc1)C1CC12CCN(C(=O)C1=CCCC1)CC2. The first-order valence-corrected chi connectivity index (χ1v) is 9.98. The molecule has 1 heterocycles. The van der Waals surface area contributed by atoms with Gasteiger partial charge < -0.3 is 10.2 Å². The second kappa shape index (κ2) is 7.26. The summed E-state index contributed by atoms with van der Waals surface area (Å²) in [6.45, 7) is 2.32. The van der Waals surface area contributed by atoms with Crippen molar-refractivity contribution in [3.8, 4) is 0 Å². The molecule has 2 amide bonds. The lowest BCUT2D eigenvalue weighted by molar-refractivity contribution is -0.129. The van der Waals surface area contributed by atoms with E-state index in [1.54, 1.807) is 0 Å². The van der Waals surface area contributed by atoms with Gasteiger partial charge in [0.05, 0.1) is 0 Å². The first kappa shape index (κ1) is 17.3. The highest BCUT2D eigenvalue weighted by Gasteiger charge is 2.58. The summed E-state index contributed by atoms with van der Waals surface area (Å²) in [6, 6.07) is 10.3. The fourth-order valence-electron chi connectivity index (χ4n) is 4.59. The summed E-state index contributed by atoms with van der Waals surface area (Å²) in [7, 11) is 0. The molecule has 138 valence electrons. The van der Waals surface area contributed by atoms with Crippen LogP contribution in [-0.4, -0.2) is 36.3 Å². The molecule has 1 unspecified atom stereocenters. The van der Waals surface area contributed by atoms with Gasteiger partial charge in [-0.15, -0.1) is 0 Å². The average Bonchev–Trinajstić information content (AvgIpc) is 3.11. The highest BCUT2D eigenvalue weighted by Crippen LogP contribution is 2.59. The molecule has 1 saturated heterocycles. The summed E-state index contributed by atoms with van der Waals surface area (Å²) in [5, 5.41) is 3.11. The van der Waals surface area contributed by atoms with Gasteiger partial charge in [-0.1, -0.05) is 36.4 Å². The number of allylic oxidation sites excluding steroid dienone is 1. The first-order valence-electron chi connectivity index (χ1n) is 9.98. The highest BCUT2D eigenvalue weighted by atomic mass is 16.2. The largest absolute Gasteiger partial charge is 0.356 e. The standard InChI is InChI=1S/C22H28N2O2/c25-20(23-13-10-17-6-2-1-3-7-17)19-16-22(19)11-14-24(15-12-22)21(26)18-8-4-5-9-18/h1-3,6-8,19H,4-5,9-16H2,(H,23,25). The number of carbonyl (C=O) groups is 2. The molecule has 2 aliphatic carbocycles. The summed E-state index contributed by atoms with van der Waals surface area (Å²) in [5.74, 6) is 0.599. The van der Waals surface area contributed by atoms with Gasteiger partial charge >= 0.3 is 0 Å². The van der Waals surface area contributed by atoms with Crippen LogP contribution in [0, 0.1) is 11.3 Å². The van der Waals surface area contributed by atoms with Crippen molar-refractivity contribution in [1.82, 2.24) is 10.2 Å². The minimum absolute atomic E-state index is 0.154. The lowest BCUT2D eigenvalue weighted by Crippen LogP contribution is -2.41. The predicted octanol–water partition coefficient (Wildman–Crippen LogP) is 3.08. The fourth-order valence-corrected chi connectivity index (χ4v) is 4.59. The predicted molar refractivity (Wildman–Crippen MR) is 101 cm³/mol. The number of hydrogen-bond acceptors (Lipinski definition) is 2. The van der Waals surface area contributed by atoms with E-state index < -0.39 is 0 Å². The van der Waals surface area contributed by atoms with E-state index in [4.69, 9.17) is 0 Å². The zero-order valence-electron chi connectivity index (χ0n) is 15.4. The number of carbonyl (C=O) groups excluding carboxylic acids is 2. The summed E-state index contributed by atoms with van der Waals surface area (Å²) in [5.41, 5.74) is 2.43. The smallest absolute Gasteiger partial charge is 0.249 e. The zero-order valence-corrected chi connectivity index (χ0v) is 15.4. The molecule has 1 aliphatic heterocycles. The van der Waals surface area contributed by atoms with Crippen molar-refractivity contribution in [3.05, 3.63) is 47.5 Å². The minimum Gasteiger partial charge on any atom is -0.356 e. The Hall–Kier alpha value is -2.10. The average molecular weight is 352 g/mol. The lowest BCUT2D eigenvalue weighted by atomic mass is 9.90. The number of benzene rings is 1. The summed E-state index contributed by atoms with van der Waals surface area (Å²) >= 11 is 0. The maximum absolute atomic E-state index is 12.5. The molecule has 4 nitrogen and oxygen atoms in total. The molecule has 0 aromatic heterocycles. The van der Waals surface area contributed by atoms with Crippen molar-refractivity contribution >= 4 is 11.8 Å². The molecule has 1 saturated carbocycles. The van der Waals surface area contributed by atoms with E-state index in [1.165, 1.54) is 5.56 Å². The molecular formula is C22H28N2O2. The van der Waals surface area contributed by atoms with Gasteiger partial charge in [-0.05, 0) is 55.9 Å². The van der Waals surface area contributed by atoms with E-state index in [-0.39, 0.29) is 23.1 Å². The van der Waals surface area contributed by atoms with Crippen molar-refractivity contribution in [2.45, 2.75) is 44.9 Å². The topological polar surface area (TPSA) is 49.4 Å². The van der Waals surface area contributed by atoms with Crippen LogP contribution in [-0.2, 0) is 16.0 Å². The van der Waals surface area contributed by atoms with Crippen LogP contribution in [0.2, 0.25) is 0 Å². The van der Waals surface area contributed by atoms with Gasteiger partial charge in [-0.25, -0.2) is 0 Å². The van der Waals surface area contributed by atoms with Gasteiger partial charge in [0.25, 0.3) is 0 Å². The maximum Gasteiger partial charge on any atom is 0.249 e. The number of nitrogens with one attached hydrogen (secondary N) is 1. The summed E-state index contributed by atoms with van der Waals surface area (Å²) in [4.78, 5) is 27.0. The Kier molecular flexibility index (Phi) is 4.84. The van der Waals surface area contributed by atoms with E-state index in [0.29, 0.717) is 6.54 Å². The van der Waals surface area contributed by atoms with Crippen LogP contribution in [0.5, 0.6) is 0 Å². The van der Waals surface area contributed by atoms with Gasteiger partial charge in [0, 0.05) is 31.1 Å². The van der Waals surface area contributed by atoms with Crippen LogP contribution in [0.25, 0.3) is 0 Å². The third-order valence-electron chi connectivity index (χ3n) is 6.42. The Morgan fingerprint density at radius 1 is 1.15 bits per heavy atom. The number of hydrogen-bond donors (Lipinski definition) is 1. The lowest BCUT2D eigenvalue weighted by Gasteiger charge is -2.33. The Morgan fingerprint density at radius 2 is 1.92 bits per heavy atom. The van der Waals surface area contributed by atoms with Gasteiger partial charge in [0.2, 0.25) is 11.8 Å². The molecule has 26 heavy (non-hydrogen) atoms. The Bertz CT molecular complexity index is 702. The van der Waals surface area contributed by atoms with Gasteiger partial charge in [0.1, 0.15) is 0 Å². The van der Waals surface area contributed by atoms with E-state index in [1.807, 2.05) is 23.1 Å². The molecule has 4 heteroatoms. The van der Waals surface area contributed by atoms with Crippen LogP contribution in [0.3, 0.4) is 0 Å². The first-order chi connectivity index (χ1) is 12.7. The quantitative estimate of drug-likeness (QED) is 0.885. The Morgan fingerprint density at radius 3 is 2.62 bits per heavy atom. The number of piperidine rings is 1. The molecule has 0 bridgehead atoms. The molecule has 1 spiro atoms. The molecule has 1 aromatic rings. The van der Waals surface area contributed by atoms with Crippen LogP contribution < -0.4 is 5.32 Å². The Labute approximate surface area is 155 Å². The molecule has 1 atom stereocenters. The third kappa shape index (κ3) is 3.55. The molecule has 0 radical (unpaired) electrons. The van der Waals surface area contributed by atoms with E-state index >= 15 is 0 Å². The second-order valence-corrected chi connectivity index (χ2v) is 8.06. The monoisotopic (exact) mass is 352 g/mol. The second-order valence-electron chi connectivity index (χ2n) is 8.06. The molecule has 1 aromatic carbocycles. The van der Waals surface area contributed by atoms with E-state index in [0.717, 1.165) is 63.6 Å². The molecular weight excluding hydrogens is 324 g/mol. The number of likely N-dealkylation sites (tertiary alicyclic amines) is 1. The van der Waals surface area contributed by atoms with Crippen LogP contribution in [0.1, 0.15) is 44.1 Å². The Balaban J connectivity index is 1.22. The minimum atomic E-state index is 0.154. The summed E-state index contributed by atoms with van der Waals surface area (Å²) < 4.78 is 0. The normalized spacial score (nSPS) is 23.6. The van der Waals surface area contributed by atoms with Crippen LogP contribution in [0.15, 0.2) is 42.0 Å². The number of nitrogens with zero attached hydrogens (tertiary/aromatic N) is 1.